The summed E-state index contributed by atoms with van der Waals surface area (Å²) in [6.07, 6.45) is 6.02. The molecule has 1 saturated heterocycles. The Morgan fingerprint density at radius 2 is 2.03 bits per heavy atom. The van der Waals surface area contributed by atoms with Crippen LogP contribution in [0.15, 0.2) is 69.9 Å². The number of ketones is 1. The van der Waals surface area contributed by atoms with Crippen LogP contribution in [0, 0.1) is 5.92 Å². The maximum Gasteiger partial charge on any atom is 0.243 e. The summed E-state index contributed by atoms with van der Waals surface area (Å²) < 4.78 is 28.4. The van der Waals surface area contributed by atoms with Gasteiger partial charge in [0.1, 0.15) is 0 Å². The fourth-order valence-electron chi connectivity index (χ4n) is 3.81. The molecular formula is C25H28N4O3S3. The van der Waals surface area contributed by atoms with Gasteiger partial charge in [-0.3, -0.25) is 4.79 Å². The number of rotatable bonds is 10. The third-order valence-corrected chi connectivity index (χ3v) is 9.46. The second-order valence-electron chi connectivity index (χ2n) is 8.41. The average molecular weight is 529 g/mol. The van der Waals surface area contributed by atoms with Gasteiger partial charge in [0, 0.05) is 24.4 Å². The molecule has 1 aromatic heterocycles. The van der Waals surface area contributed by atoms with Crippen LogP contribution in [-0.2, 0) is 10.0 Å². The molecule has 0 aliphatic carbocycles. The molecule has 4 rings (SSSR count). The quantitative estimate of drug-likeness (QED) is 0.290. The van der Waals surface area contributed by atoms with Gasteiger partial charge in [0.2, 0.25) is 15.2 Å². The number of nitrogens with zero attached hydrogens (tertiary/aromatic N) is 3. The number of anilines is 1. The first-order chi connectivity index (χ1) is 16.9. The summed E-state index contributed by atoms with van der Waals surface area (Å²) in [5.74, 6) is 0.895. The molecule has 184 valence electrons. The number of thioether (sulfide) groups is 1. The van der Waals surface area contributed by atoms with Gasteiger partial charge < -0.3 is 5.32 Å². The fraction of sp³-hybridized carbons (Fsp3) is 0.320. The number of Topliss-reactive ketones (excluding diaryl/α,β-unsaturated/α-hetero) is 1. The van der Waals surface area contributed by atoms with Crippen LogP contribution in [0.25, 0.3) is 6.08 Å². The van der Waals surface area contributed by atoms with Crippen molar-refractivity contribution in [3.8, 4) is 0 Å². The summed E-state index contributed by atoms with van der Waals surface area (Å²) in [6, 6.07) is 16.4. The minimum Gasteiger partial charge on any atom is -0.353 e. The third-order valence-electron chi connectivity index (χ3n) is 5.63. The van der Waals surface area contributed by atoms with E-state index in [0.717, 1.165) is 28.5 Å². The standard InChI is InChI=1S/C25H28N4O3S3/c1-19-8-6-14-29(18-19)35(31,32)22-13-5-12-21(16-22)23(30)17-26-24-27-28-25(34-24)33-15-7-11-20-9-3-2-4-10-20/h2-5,7,9-13,16,19H,6,8,14-15,17-18H2,1H3,(H,26,27)/b11-7+. The van der Waals surface area contributed by atoms with Crippen molar-refractivity contribution in [1.29, 1.82) is 0 Å². The van der Waals surface area contributed by atoms with Crippen molar-refractivity contribution in [1.82, 2.24) is 14.5 Å². The maximum atomic E-state index is 13.1. The van der Waals surface area contributed by atoms with Crippen LogP contribution >= 0.6 is 23.1 Å². The van der Waals surface area contributed by atoms with E-state index >= 15 is 0 Å². The zero-order valence-corrected chi connectivity index (χ0v) is 21.9. The lowest BCUT2D eigenvalue weighted by atomic mass is 10.0. The number of piperidine rings is 1. The number of hydrogen-bond donors (Lipinski definition) is 1. The molecule has 0 bridgehead atoms. The van der Waals surface area contributed by atoms with E-state index < -0.39 is 10.0 Å². The summed E-state index contributed by atoms with van der Waals surface area (Å²) in [5, 5.41) is 11.8. The number of carbonyl (C=O) groups is 1. The maximum absolute atomic E-state index is 13.1. The first kappa shape index (κ1) is 25.6. The molecule has 2 aromatic carbocycles. The average Bonchev–Trinajstić information content (AvgIpc) is 3.33. The van der Waals surface area contributed by atoms with Crippen LogP contribution in [0.3, 0.4) is 0 Å². The van der Waals surface area contributed by atoms with Crippen molar-refractivity contribution < 1.29 is 13.2 Å². The Hall–Kier alpha value is -2.53. The molecule has 1 aliphatic heterocycles. The van der Waals surface area contributed by atoms with E-state index in [1.165, 1.54) is 21.7 Å². The second-order valence-corrected chi connectivity index (χ2v) is 12.6. The summed E-state index contributed by atoms with van der Waals surface area (Å²) in [4.78, 5) is 12.9. The number of nitrogens with one attached hydrogen (secondary N) is 1. The molecule has 1 unspecified atom stereocenters. The van der Waals surface area contributed by atoms with Gasteiger partial charge in [-0.25, -0.2) is 8.42 Å². The number of benzene rings is 2. The van der Waals surface area contributed by atoms with Crippen molar-refractivity contribution in [2.75, 3.05) is 30.7 Å². The first-order valence-corrected chi connectivity index (χ1v) is 14.7. The highest BCUT2D eigenvalue weighted by atomic mass is 32.2. The Morgan fingerprint density at radius 1 is 1.20 bits per heavy atom. The highest BCUT2D eigenvalue weighted by Gasteiger charge is 2.29. The second kappa shape index (κ2) is 11.9. The van der Waals surface area contributed by atoms with Crippen LogP contribution in [0.2, 0.25) is 0 Å². The van der Waals surface area contributed by atoms with Crippen molar-refractivity contribution in [2.24, 2.45) is 5.92 Å². The van der Waals surface area contributed by atoms with E-state index in [4.69, 9.17) is 0 Å². The zero-order chi connectivity index (χ0) is 24.7. The van der Waals surface area contributed by atoms with Gasteiger partial charge in [-0.2, -0.15) is 4.31 Å². The van der Waals surface area contributed by atoms with Crippen LogP contribution in [0.1, 0.15) is 35.7 Å². The minimum atomic E-state index is -3.61. The summed E-state index contributed by atoms with van der Waals surface area (Å²) in [5.41, 5.74) is 1.50. The summed E-state index contributed by atoms with van der Waals surface area (Å²) >= 11 is 2.95. The van der Waals surface area contributed by atoms with E-state index in [1.54, 1.807) is 30.0 Å². The molecule has 35 heavy (non-hydrogen) atoms. The fourth-order valence-corrected chi connectivity index (χ4v) is 7.04. The van der Waals surface area contributed by atoms with E-state index in [9.17, 15) is 13.2 Å². The van der Waals surface area contributed by atoms with Gasteiger partial charge in [0.05, 0.1) is 11.4 Å². The molecule has 1 N–H and O–H groups in total. The number of hydrogen-bond acceptors (Lipinski definition) is 8. The zero-order valence-electron chi connectivity index (χ0n) is 19.5. The molecule has 1 atom stereocenters. The Kier molecular flexibility index (Phi) is 8.72. The highest BCUT2D eigenvalue weighted by Crippen LogP contribution is 2.26. The lowest BCUT2D eigenvalue weighted by molar-refractivity contribution is 0.101. The largest absolute Gasteiger partial charge is 0.353 e. The Bertz CT molecular complexity index is 1280. The molecule has 0 radical (unpaired) electrons. The predicted molar refractivity (Wildman–Crippen MR) is 143 cm³/mol. The van der Waals surface area contributed by atoms with Crippen molar-refractivity contribution in [3.05, 3.63) is 71.8 Å². The molecule has 0 spiro atoms. The topological polar surface area (TPSA) is 92.3 Å². The molecule has 1 aliphatic rings. The molecule has 2 heterocycles. The normalized spacial score (nSPS) is 17.0. The first-order valence-electron chi connectivity index (χ1n) is 11.5. The predicted octanol–water partition coefficient (Wildman–Crippen LogP) is 5.06. The number of sulfonamides is 1. The Balaban J connectivity index is 1.30. The van der Waals surface area contributed by atoms with Gasteiger partial charge in [0.15, 0.2) is 10.1 Å². The van der Waals surface area contributed by atoms with Crippen molar-refractivity contribution in [2.45, 2.75) is 29.0 Å². The van der Waals surface area contributed by atoms with E-state index in [2.05, 4.69) is 34.6 Å². The monoisotopic (exact) mass is 528 g/mol. The van der Waals surface area contributed by atoms with Gasteiger partial charge in [-0.05, 0) is 36.5 Å². The van der Waals surface area contributed by atoms with Gasteiger partial charge in [-0.1, -0.05) is 84.6 Å². The van der Waals surface area contributed by atoms with Crippen LogP contribution in [0.5, 0.6) is 0 Å². The minimum absolute atomic E-state index is 0.0114. The third kappa shape index (κ3) is 7.00. The summed E-state index contributed by atoms with van der Waals surface area (Å²) in [6.45, 7) is 3.11. The van der Waals surface area contributed by atoms with Gasteiger partial charge >= 0.3 is 0 Å². The Morgan fingerprint density at radius 3 is 2.83 bits per heavy atom. The molecular weight excluding hydrogens is 501 g/mol. The van der Waals surface area contributed by atoms with Gasteiger partial charge in [-0.15, -0.1) is 10.2 Å². The van der Waals surface area contributed by atoms with E-state index in [-0.39, 0.29) is 17.2 Å². The lowest BCUT2D eigenvalue weighted by Crippen LogP contribution is -2.39. The molecule has 0 amide bonds. The number of aromatic nitrogens is 2. The van der Waals surface area contributed by atoms with Crippen molar-refractivity contribution >= 4 is 50.1 Å². The number of carbonyl (C=O) groups excluding carboxylic acids is 1. The Labute approximate surface area is 214 Å². The van der Waals surface area contributed by atoms with E-state index in [1.807, 2.05) is 30.3 Å². The molecule has 10 heteroatoms. The highest BCUT2D eigenvalue weighted by molar-refractivity contribution is 8.01. The molecule has 3 aromatic rings. The van der Waals surface area contributed by atoms with Crippen LogP contribution < -0.4 is 5.32 Å². The van der Waals surface area contributed by atoms with Crippen LogP contribution in [0.4, 0.5) is 5.13 Å². The van der Waals surface area contributed by atoms with E-state index in [0.29, 0.717) is 29.7 Å². The molecule has 7 nitrogen and oxygen atoms in total. The summed E-state index contributed by atoms with van der Waals surface area (Å²) in [7, 11) is -3.61. The SMILES string of the molecule is CC1CCCN(S(=O)(=O)c2cccc(C(=O)CNc3nnc(SC/C=C/c4ccccc4)s3)c2)C1. The lowest BCUT2D eigenvalue weighted by Gasteiger charge is -2.30. The smallest absolute Gasteiger partial charge is 0.243 e. The van der Waals surface area contributed by atoms with Crippen LogP contribution in [-0.4, -0.2) is 54.1 Å². The van der Waals surface area contributed by atoms with Crippen molar-refractivity contribution in [3.63, 3.8) is 0 Å². The van der Waals surface area contributed by atoms with Gasteiger partial charge in [0.25, 0.3) is 0 Å². The molecule has 0 saturated carbocycles. The molecule has 1 fully saturated rings.